The van der Waals surface area contributed by atoms with Crippen LogP contribution in [0.5, 0.6) is 5.75 Å². The van der Waals surface area contributed by atoms with Crippen molar-refractivity contribution in [3.63, 3.8) is 0 Å². The lowest BCUT2D eigenvalue weighted by atomic mass is 9.93. The summed E-state index contributed by atoms with van der Waals surface area (Å²) >= 11 is 0. The summed E-state index contributed by atoms with van der Waals surface area (Å²) in [5, 5.41) is 13.9. The predicted octanol–water partition coefficient (Wildman–Crippen LogP) is 6.30. The maximum Gasteiger partial charge on any atom is 0.414 e. The third-order valence-electron chi connectivity index (χ3n) is 8.47. The highest BCUT2D eigenvalue weighted by Gasteiger charge is 2.54. The Morgan fingerprint density at radius 2 is 1.85 bits per heavy atom. The molecule has 8 nitrogen and oxygen atoms in total. The van der Waals surface area contributed by atoms with Crippen LogP contribution in [0.1, 0.15) is 45.5 Å². The van der Waals surface area contributed by atoms with Gasteiger partial charge in [0.1, 0.15) is 19.0 Å². The Morgan fingerprint density at radius 3 is 2.68 bits per heavy atom. The van der Waals surface area contributed by atoms with Crippen LogP contribution in [0.2, 0.25) is 0 Å². The number of rotatable bonds is 8. The monoisotopic (exact) mass is 551 g/mol. The van der Waals surface area contributed by atoms with Gasteiger partial charge in [-0.15, -0.1) is 0 Å². The van der Waals surface area contributed by atoms with Gasteiger partial charge in [0, 0.05) is 18.3 Å². The number of ether oxygens (including phenoxy) is 2. The summed E-state index contributed by atoms with van der Waals surface area (Å²) in [5.41, 5.74) is 7.43. The number of fused-ring (bicyclic) bond motifs is 3. The van der Waals surface area contributed by atoms with Gasteiger partial charge in [0.15, 0.2) is 0 Å². The molecule has 1 aliphatic carbocycles. The fourth-order valence-electron chi connectivity index (χ4n) is 5.99. The quantitative estimate of drug-likeness (QED) is 0.258. The Balaban J connectivity index is 1.18. The normalized spacial score (nSPS) is 18.8. The van der Waals surface area contributed by atoms with Crippen LogP contribution in [0.15, 0.2) is 73.1 Å². The fraction of sp³-hybridized carbons (Fsp3) is 0.303. The van der Waals surface area contributed by atoms with Gasteiger partial charge in [-0.05, 0) is 83.7 Å². The molecule has 3 aromatic carbocycles. The van der Waals surface area contributed by atoms with Crippen LogP contribution in [0.25, 0.3) is 11.1 Å². The molecule has 210 valence electrons. The molecule has 4 aromatic rings. The van der Waals surface area contributed by atoms with Crippen molar-refractivity contribution in [2.75, 3.05) is 24.7 Å². The highest BCUT2D eigenvalue weighted by atomic mass is 16.6. The first-order valence-electron chi connectivity index (χ1n) is 13.9. The molecule has 1 aromatic heterocycles. The van der Waals surface area contributed by atoms with Gasteiger partial charge in [-0.1, -0.05) is 43.3 Å². The second kappa shape index (κ2) is 10.8. The van der Waals surface area contributed by atoms with E-state index in [1.165, 1.54) is 0 Å². The predicted molar refractivity (Wildman–Crippen MR) is 156 cm³/mol. The number of hydrogen-bond acceptors (Lipinski definition) is 5. The average molecular weight is 552 g/mol. The number of carboxylic acid groups (broad SMARTS) is 1. The number of benzene rings is 3. The minimum Gasteiger partial charge on any atom is -0.490 e. The molecule has 0 radical (unpaired) electrons. The highest BCUT2D eigenvalue weighted by molar-refractivity contribution is 5.93. The van der Waals surface area contributed by atoms with Crippen molar-refractivity contribution in [3.05, 3.63) is 101 Å². The van der Waals surface area contributed by atoms with Crippen molar-refractivity contribution in [1.82, 2.24) is 9.78 Å². The van der Waals surface area contributed by atoms with Crippen LogP contribution in [0.4, 0.5) is 10.5 Å². The van der Waals surface area contributed by atoms with E-state index in [1.807, 2.05) is 67.3 Å². The maximum absolute atomic E-state index is 13.3. The minimum atomic E-state index is -0.950. The molecule has 2 heterocycles. The summed E-state index contributed by atoms with van der Waals surface area (Å²) in [7, 11) is 0. The molecule has 6 rings (SSSR count). The van der Waals surface area contributed by atoms with Crippen molar-refractivity contribution >= 4 is 17.7 Å². The van der Waals surface area contributed by atoms with Crippen LogP contribution in [0.3, 0.4) is 0 Å². The van der Waals surface area contributed by atoms with Crippen molar-refractivity contribution in [1.29, 1.82) is 0 Å². The van der Waals surface area contributed by atoms with Crippen LogP contribution in [-0.2, 0) is 11.3 Å². The lowest BCUT2D eigenvalue weighted by Gasteiger charge is -2.29. The zero-order chi connectivity index (χ0) is 28.7. The molecule has 8 heteroatoms. The van der Waals surface area contributed by atoms with Crippen LogP contribution >= 0.6 is 0 Å². The smallest absolute Gasteiger partial charge is 0.414 e. The summed E-state index contributed by atoms with van der Waals surface area (Å²) in [6, 6.07) is 18.9. The van der Waals surface area contributed by atoms with E-state index in [0.29, 0.717) is 30.8 Å². The molecule has 1 N–H and O–H groups in total. The number of aromatic carboxylic acids is 1. The molecular weight excluding hydrogens is 518 g/mol. The number of aryl methyl sites for hydroxylation is 1. The molecule has 3 atom stereocenters. The van der Waals surface area contributed by atoms with Crippen molar-refractivity contribution in [2.45, 2.75) is 33.2 Å². The van der Waals surface area contributed by atoms with E-state index >= 15 is 0 Å². The van der Waals surface area contributed by atoms with Gasteiger partial charge in [-0.2, -0.15) is 5.10 Å². The topological polar surface area (TPSA) is 93.9 Å². The molecular formula is C33H33N3O5. The Bertz CT molecular complexity index is 1630. The largest absolute Gasteiger partial charge is 0.490 e. The van der Waals surface area contributed by atoms with Crippen LogP contribution in [0, 0.1) is 25.7 Å². The first kappa shape index (κ1) is 26.6. The van der Waals surface area contributed by atoms with Gasteiger partial charge >= 0.3 is 12.1 Å². The Kier molecular flexibility index (Phi) is 6.99. The highest BCUT2D eigenvalue weighted by Crippen LogP contribution is 2.61. The SMILES string of the molecule is Cc1cccc(OCCOC(=O)N2C[C@@H]3[C@H](C)[C@@H]3c3c(-c4cnn(Cc5cccc(C(=O)O)c5)c4)cccc32)c1C. The van der Waals surface area contributed by atoms with E-state index in [0.717, 1.165) is 44.8 Å². The van der Waals surface area contributed by atoms with E-state index in [2.05, 4.69) is 18.1 Å². The standard InChI is InChI=1S/C33H33N3O5/c1-20-7-4-12-29(21(20)2)40-13-14-41-33(39)36-19-27-22(3)30(27)31-26(10-6-11-28(31)36)25-16-34-35(18-25)17-23-8-5-9-24(15-23)32(37)38/h4-12,15-16,18,22,27,30H,13-14,17,19H2,1-3H3,(H,37,38)/t22-,27+,30-/m0/s1. The molecule has 1 fully saturated rings. The van der Waals surface area contributed by atoms with Gasteiger partial charge in [-0.3, -0.25) is 9.58 Å². The van der Waals surface area contributed by atoms with Gasteiger partial charge < -0.3 is 14.6 Å². The number of hydrogen-bond donors (Lipinski definition) is 1. The zero-order valence-corrected chi connectivity index (χ0v) is 23.4. The molecule has 0 bridgehead atoms. The van der Waals surface area contributed by atoms with Crippen molar-refractivity contribution in [3.8, 4) is 16.9 Å². The number of carbonyl (C=O) groups is 2. The van der Waals surface area contributed by atoms with E-state index in [4.69, 9.17) is 9.47 Å². The molecule has 0 spiro atoms. The Labute approximate surface area is 239 Å². The number of nitrogens with zero attached hydrogens (tertiary/aromatic N) is 3. The Hall–Kier alpha value is -4.59. The molecule has 2 aliphatic rings. The lowest BCUT2D eigenvalue weighted by molar-refractivity contribution is 0.0696. The van der Waals surface area contributed by atoms with Crippen molar-refractivity contribution < 1.29 is 24.2 Å². The first-order chi connectivity index (χ1) is 19.8. The molecule has 0 saturated heterocycles. The zero-order valence-electron chi connectivity index (χ0n) is 23.4. The summed E-state index contributed by atoms with van der Waals surface area (Å²) in [6.07, 6.45) is 3.45. The van der Waals surface area contributed by atoms with Crippen molar-refractivity contribution in [2.24, 2.45) is 11.8 Å². The average Bonchev–Trinajstić information content (AvgIpc) is 3.39. The number of amides is 1. The summed E-state index contributed by atoms with van der Waals surface area (Å²) in [6.45, 7) is 7.85. The van der Waals surface area contributed by atoms with Gasteiger partial charge in [0.2, 0.25) is 0 Å². The van der Waals surface area contributed by atoms with Gasteiger partial charge in [0.25, 0.3) is 0 Å². The summed E-state index contributed by atoms with van der Waals surface area (Å²) in [5.74, 6) is 1.09. The van der Waals surface area contributed by atoms with E-state index in [9.17, 15) is 14.7 Å². The Morgan fingerprint density at radius 1 is 1.05 bits per heavy atom. The van der Waals surface area contributed by atoms with Crippen LogP contribution in [-0.4, -0.2) is 46.7 Å². The first-order valence-corrected chi connectivity index (χ1v) is 13.9. The van der Waals surface area contributed by atoms with E-state index < -0.39 is 5.97 Å². The molecule has 1 amide bonds. The third-order valence-corrected chi connectivity index (χ3v) is 8.47. The number of carboxylic acids is 1. The fourth-order valence-corrected chi connectivity index (χ4v) is 5.99. The van der Waals surface area contributed by atoms with Crippen LogP contribution < -0.4 is 9.64 Å². The number of anilines is 1. The summed E-state index contributed by atoms with van der Waals surface area (Å²) < 4.78 is 13.4. The number of aromatic nitrogens is 2. The van der Waals surface area contributed by atoms with Gasteiger partial charge in [0.05, 0.1) is 24.0 Å². The molecule has 41 heavy (non-hydrogen) atoms. The molecule has 1 aliphatic heterocycles. The second-order valence-electron chi connectivity index (χ2n) is 11.0. The molecule has 0 unspecified atom stereocenters. The minimum absolute atomic E-state index is 0.164. The summed E-state index contributed by atoms with van der Waals surface area (Å²) in [4.78, 5) is 26.4. The third kappa shape index (κ3) is 5.17. The lowest BCUT2D eigenvalue weighted by Crippen LogP contribution is -2.37. The number of carbonyl (C=O) groups excluding carboxylic acids is 1. The van der Waals surface area contributed by atoms with E-state index in [1.54, 1.807) is 23.1 Å². The molecule has 1 saturated carbocycles. The maximum atomic E-state index is 13.3. The second-order valence-corrected chi connectivity index (χ2v) is 11.0. The van der Waals surface area contributed by atoms with Gasteiger partial charge in [-0.25, -0.2) is 9.59 Å². The van der Waals surface area contributed by atoms with E-state index in [-0.39, 0.29) is 24.9 Å².